The van der Waals surface area contributed by atoms with Crippen molar-refractivity contribution in [3.8, 4) is 5.75 Å². The van der Waals surface area contributed by atoms with Crippen molar-refractivity contribution in [3.63, 3.8) is 0 Å². The van der Waals surface area contributed by atoms with Crippen LogP contribution in [0.1, 0.15) is 40.2 Å². The van der Waals surface area contributed by atoms with E-state index in [1.54, 1.807) is 19.9 Å². The summed E-state index contributed by atoms with van der Waals surface area (Å²) >= 11 is 0. The zero-order valence-corrected chi connectivity index (χ0v) is 15.8. The van der Waals surface area contributed by atoms with E-state index >= 15 is 0 Å². The van der Waals surface area contributed by atoms with E-state index in [-0.39, 0.29) is 5.76 Å². The van der Waals surface area contributed by atoms with Crippen molar-refractivity contribution in [2.45, 2.75) is 52.4 Å². The smallest absolute Gasteiger partial charge is 0.350 e. The molecule has 0 amide bonds. The Morgan fingerprint density at radius 3 is 2.32 bits per heavy atom. The molecule has 0 atom stereocenters. The minimum absolute atomic E-state index is 0.231. The third-order valence-electron chi connectivity index (χ3n) is 3.13. The molecule has 5 nitrogen and oxygen atoms in total. The number of carbonyl (C=O) groups is 1. The highest BCUT2D eigenvalue weighted by Gasteiger charge is 2.34. The number of aliphatic hydroxyl groups is 1. The summed E-state index contributed by atoms with van der Waals surface area (Å²) < 4.78 is 11.2. The predicted molar refractivity (Wildman–Crippen MR) is 99.6 cm³/mol. The second-order valence-corrected chi connectivity index (χ2v) is 7.26. The second-order valence-electron chi connectivity index (χ2n) is 7.26. The predicted octanol–water partition coefficient (Wildman–Crippen LogP) is 3.90. The molecule has 0 saturated carbocycles. The molecule has 25 heavy (non-hydrogen) atoms. The Morgan fingerprint density at radius 2 is 1.80 bits per heavy atom. The molecule has 138 valence electrons. The van der Waals surface area contributed by atoms with Gasteiger partial charge < -0.3 is 19.9 Å². The molecule has 0 heterocycles. The Hall–Kier alpha value is -2.27. The number of carbonyl (C=O) groups excluding carboxylic acids is 1. The number of nitrogens with one attached hydrogen (secondary N) is 1. The number of allylic oxidation sites excluding steroid dienone is 2. The van der Waals surface area contributed by atoms with Crippen molar-refractivity contribution >= 4 is 5.97 Å². The van der Waals surface area contributed by atoms with Crippen molar-refractivity contribution in [2.24, 2.45) is 0 Å². The van der Waals surface area contributed by atoms with Gasteiger partial charge in [0, 0.05) is 6.54 Å². The molecule has 0 aromatic heterocycles. The standard InChI is InChI=1S/C20H29NO4/c1-7-8-16(22)14-21-13-15-9-11-17(12-10-15)24-20(5,6)18(23)25-19(2,3)4/h7-12,21-22H,1,13-14H2,2-6H3/b16-8-. The second kappa shape index (κ2) is 8.72. The molecule has 0 spiro atoms. The molecule has 0 unspecified atom stereocenters. The van der Waals surface area contributed by atoms with Crippen molar-refractivity contribution in [2.75, 3.05) is 6.54 Å². The highest BCUT2D eigenvalue weighted by atomic mass is 16.6. The maximum atomic E-state index is 12.2. The molecule has 2 N–H and O–H groups in total. The van der Waals surface area contributed by atoms with Crippen LogP contribution in [0.15, 0.2) is 48.8 Å². The number of rotatable bonds is 8. The third kappa shape index (κ3) is 7.90. The minimum Gasteiger partial charge on any atom is -0.511 e. The van der Waals surface area contributed by atoms with Gasteiger partial charge in [0.25, 0.3) is 0 Å². The van der Waals surface area contributed by atoms with Crippen LogP contribution < -0.4 is 10.1 Å². The van der Waals surface area contributed by atoms with E-state index < -0.39 is 17.2 Å². The van der Waals surface area contributed by atoms with Crippen LogP contribution >= 0.6 is 0 Å². The van der Waals surface area contributed by atoms with E-state index in [2.05, 4.69) is 11.9 Å². The van der Waals surface area contributed by atoms with Gasteiger partial charge in [-0.05, 0) is 58.4 Å². The fourth-order valence-corrected chi connectivity index (χ4v) is 1.94. The molecule has 1 rings (SSSR count). The molecule has 0 saturated heterocycles. The zero-order chi connectivity index (χ0) is 19.1. The first-order valence-electron chi connectivity index (χ1n) is 8.26. The van der Waals surface area contributed by atoms with Crippen LogP contribution in [0.2, 0.25) is 0 Å². The number of hydrogen-bond acceptors (Lipinski definition) is 5. The van der Waals surface area contributed by atoms with Gasteiger partial charge in [-0.15, -0.1) is 0 Å². The molecule has 0 radical (unpaired) electrons. The van der Waals surface area contributed by atoms with Crippen LogP contribution in [-0.4, -0.2) is 28.8 Å². The Bertz CT molecular complexity index is 610. The number of esters is 1. The largest absolute Gasteiger partial charge is 0.511 e. The molecule has 1 aromatic rings. The van der Waals surface area contributed by atoms with Gasteiger partial charge in [-0.2, -0.15) is 0 Å². The van der Waals surface area contributed by atoms with Gasteiger partial charge in [0.15, 0.2) is 5.60 Å². The summed E-state index contributed by atoms with van der Waals surface area (Å²) in [5, 5.41) is 12.6. The van der Waals surface area contributed by atoms with E-state index in [1.807, 2.05) is 45.0 Å². The summed E-state index contributed by atoms with van der Waals surface area (Å²) in [5.41, 5.74) is -0.596. The lowest BCUT2D eigenvalue weighted by molar-refractivity contribution is -0.170. The van der Waals surface area contributed by atoms with Gasteiger partial charge in [-0.1, -0.05) is 24.8 Å². The highest BCUT2D eigenvalue weighted by Crippen LogP contribution is 2.22. The van der Waals surface area contributed by atoms with Crippen LogP contribution in [0.5, 0.6) is 5.75 Å². The van der Waals surface area contributed by atoms with Crippen molar-refractivity contribution in [1.29, 1.82) is 0 Å². The first-order valence-corrected chi connectivity index (χ1v) is 8.26. The summed E-state index contributed by atoms with van der Waals surface area (Å²) in [4.78, 5) is 12.2. The minimum atomic E-state index is -1.08. The maximum absolute atomic E-state index is 12.2. The quantitative estimate of drug-likeness (QED) is 0.424. The average Bonchev–Trinajstić information content (AvgIpc) is 2.47. The maximum Gasteiger partial charge on any atom is 0.350 e. The van der Waals surface area contributed by atoms with Crippen LogP contribution in [-0.2, 0) is 16.1 Å². The van der Waals surface area contributed by atoms with Gasteiger partial charge in [0.05, 0.1) is 6.54 Å². The van der Waals surface area contributed by atoms with E-state index in [9.17, 15) is 9.90 Å². The van der Waals surface area contributed by atoms with Gasteiger partial charge in [0.2, 0.25) is 0 Å². The Kier molecular flexibility index (Phi) is 7.24. The monoisotopic (exact) mass is 347 g/mol. The lowest BCUT2D eigenvalue weighted by Gasteiger charge is -2.29. The fraction of sp³-hybridized carbons (Fsp3) is 0.450. The molecule has 0 aliphatic heterocycles. The van der Waals surface area contributed by atoms with Crippen LogP contribution in [0, 0.1) is 0 Å². The topological polar surface area (TPSA) is 67.8 Å². The van der Waals surface area contributed by atoms with Crippen molar-refractivity contribution < 1.29 is 19.4 Å². The fourth-order valence-electron chi connectivity index (χ4n) is 1.94. The first kappa shape index (κ1) is 20.8. The SMILES string of the molecule is C=C/C=C(\O)CNCc1ccc(OC(C)(C)C(=O)OC(C)(C)C)cc1. The van der Waals surface area contributed by atoms with E-state index in [0.29, 0.717) is 18.8 Å². The van der Waals surface area contributed by atoms with E-state index in [4.69, 9.17) is 9.47 Å². The molecule has 0 bridgehead atoms. The summed E-state index contributed by atoms with van der Waals surface area (Å²) in [7, 11) is 0. The highest BCUT2D eigenvalue weighted by molar-refractivity contribution is 5.79. The van der Waals surface area contributed by atoms with Gasteiger partial charge in [-0.25, -0.2) is 4.79 Å². The van der Waals surface area contributed by atoms with E-state index in [0.717, 1.165) is 5.56 Å². The molecular formula is C20H29NO4. The normalized spacial score (nSPS) is 12.6. The molecule has 5 heteroatoms. The van der Waals surface area contributed by atoms with Crippen LogP contribution in [0.3, 0.4) is 0 Å². The Balaban J connectivity index is 2.60. The van der Waals surface area contributed by atoms with E-state index in [1.165, 1.54) is 6.08 Å². The number of aliphatic hydroxyl groups excluding tert-OH is 1. The summed E-state index contributed by atoms with van der Waals surface area (Å²) in [6.45, 7) is 13.3. The summed E-state index contributed by atoms with van der Waals surface area (Å²) in [5.74, 6) is 0.415. The summed E-state index contributed by atoms with van der Waals surface area (Å²) in [6, 6.07) is 7.43. The Morgan fingerprint density at radius 1 is 1.20 bits per heavy atom. The summed E-state index contributed by atoms with van der Waals surface area (Å²) in [6.07, 6.45) is 3.08. The first-order chi connectivity index (χ1) is 11.5. The number of ether oxygens (including phenoxy) is 2. The van der Waals surface area contributed by atoms with Crippen molar-refractivity contribution in [1.82, 2.24) is 5.32 Å². The molecular weight excluding hydrogens is 318 g/mol. The molecule has 1 aromatic carbocycles. The third-order valence-corrected chi connectivity index (χ3v) is 3.13. The van der Waals surface area contributed by atoms with Gasteiger partial charge in [0.1, 0.15) is 17.1 Å². The number of benzene rings is 1. The van der Waals surface area contributed by atoms with Gasteiger partial charge >= 0.3 is 5.97 Å². The lowest BCUT2D eigenvalue weighted by Crippen LogP contribution is -2.43. The van der Waals surface area contributed by atoms with Crippen molar-refractivity contribution in [3.05, 3.63) is 54.3 Å². The Labute approximate surface area is 150 Å². The molecule has 0 aliphatic rings. The average molecular weight is 347 g/mol. The number of hydrogen-bond donors (Lipinski definition) is 2. The molecule has 0 fully saturated rings. The lowest BCUT2D eigenvalue weighted by atomic mass is 10.1. The van der Waals surface area contributed by atoms with Gasteiger partial charge in [-0.3, -0.25) is 0 Å². The zero-order valence-electron chi connectivity index (χ0n) is 15.8. The van der Waals surface area contributed by atoms with Crippen LogP contribution in [0.25, 0.3) is 0 Å². The molecule has 0 aliphatic carbocycles. The van der Waals surface area contributed by atoms with Crippen LogP contribution in [0.4, 0.5) is 0 Å².